The molecule has 1 fully saturated rings. The molecule has 1 aliphatic heterocycles. The lowest BCUT2D eigenvalue weighted by Gasteiger charge is -2.06. The third-order valence-corrected chi connectivity index (χ3v) is 1.59. The van der Waals surface area contributed by atoms with Crippen LogP contribution in [0.4, 0.5) is 0 Å². The number of rotatable bonds is 3. The van der Waals surface area contributed by atoms with Crippen LogP contribution in [-0.4, -0.2) is 29.6 Å². The average molecular weight is 160 g/mol. The van der Waals surface area contributed by atoms with E-state index in [4.69, 9.17) is 9.84 Å². The number of hydrogen-bond donors (Lipinski definition) is 1. The second-order valence-electron chi connectivity index (χ2n) is 2.55. The van der Waals surface area contributed by atoms with Crippen molar-refractivity contribution in [1.82, 2.24) is 0 Å². The molecule has 1 heterocycles. The maximum absolute atomic E-state index is 10.3. The summed E-state index contributed by atoms with van der Waals surface area (Å²) in [6.45, 7) is 3.21. The van der Waals surface area contributed by atoms with E-state index in [1.54, 1.807) is 0 Å². The number of ether oxygens (including phenoxy) is 2. The summed E-state index contributed by atoms with van der Waals surface area (Å²) in [4.78, 5) is 10.3. The average Bonchev–Trinajstić information content (AvgIpc) is 2.63. The summed E-state index contributed by atoms with van der Waals surface area (Å²) in [6.07, 6.45) is -0.492. The Kier molecular flexibility index (Phi) is 2.46. The molecule has 0 amide bonds. The Morgan fingerprint density at radius 2 is 2.45 bits per heavy atom. The van der Waals surface area contributed by atoms with Crippen molar-refractivity contribution in [3.05, 3.63) is 0 Å². The molecular weight excluding hydrogens is 148 g/mol. The van der Waals surface area contributed by atoms with E-state index in [9.17, 15) is 4.79 Å². The lowest BCUT2D eigenvalue weighted by Crippen LogP contribution is -2.23. The van der Waals surface area contributed by atoms with Crippen LogP contribution in [0.25, 0.3) is 0 Å². The molecule has 11 heavy (non-hydrogen) atoms. The number of epoxide rings is 1. The van der Waals surface area contributed by atoms with E-state index in [1.165, 1.54) is 6.92 Å². The monoisotopic (exact) mass is 160 g/mol. The Balaban J connectivity index is 2.22. The highest BCUT2D eigenvalue weighted by Gasteiger charge is 2.44. The van der Waals surface area contributed by atoms with E-state index in [-0.39, 0.29) is 12.2 Å². The topological polar surface area (TPSA) is 59.1 Å². The normalized spacial score (nSPS) is 31.2. The van der Waals surface area contributed by atoms with E-state index in [0.29, 0.717) is 0 Å². The van der Waals surface area contributed by atoms with Gasteiger partial charge in [-0.2, -0.15) is 0 Å². The minimum Gasteiger partial charge on any atom is -0.433 e. The summed E-state index contributed by atoms with van der Waals surface area (Å²) in [5.74, 6) is -0.483. The van der Waals surface area contributed by atoms with Gasteiger partial charge in [-0.05, 0) is 6.42 Å². The highest BCUT2D eigenvalue weighted by Crippen LogP contribution is 2.28. The van der Waals surface area contributed by atoms with Crippen LogP contribution in [0.15, 0.2) is 0 Å². The number of aliphatic hydroxyl groups excluding tert-OH is 1. The van der Waals surface area contributed by atoms with Crippen LogP contribution < -0.4 is 0 Å². The largest absolute Gasteiger partial charge is 0.433 e. The van der Waals surface area contributed by atoms with Gasteiger partial charge in [0.1, 0.15) is 6.10 Å². The molecule has 4 heteroatoms. The molecule has 1 rings (SSSR count). The van der Waals surface area contributed by atoms with E-state index < -0.39 is 12.3 Å². The SMILES string of the molecule is CCC1OC1C(O)OC(C)=O. The number of esters is 1. The van der Waals surface area contributed by atoms with Crippen LogP contribution in [0.5, 0.6) is 0 Å². The Bertz CT molecular complexity index is 157. The lowest BCUT2D eigenvalue weighted by atomic mass is 10.2. The highest BCUT2D eigenvalue weighted by molar-refractivity contribution is 5.66. The van der Waals surface area contributed by atoms with Crippen LogP contribution in [-0.2, 0) is 14.3 Å². The van der Waals surface area contributed by atoms with Gasteiger partial charge < -0.3 is 14.6 Å². The zero-order chi connectivity index (χ0) is 8.43. The van der Waals surface area contributed by atoms with Gasteiger partial charge in [0.25, 0.3) is 0 Å². The predicted octanol–water partition coefficient (Wildman–Crippen LogP) is 0.0453. The lowest BCUT2D eigenvalue weighted by molar-refractivity contribution is -0.168. The molecule has 0 aliphatic carbocycles. The number of hydrogen-bond acceptors (Lipinski definition) is 4. The van der Waals surface area contributed by atoms with Crippen LogP contribution in [0.1, 0.15) is 20.3 Å². The Hall–Kier alpha value is -0.610. The minimum absolute atomic E-state index is 0.0596. The smallest absolute Gasteiger partial charge is 0.305 e. The third-order valence-electron chi connectivity index (χ3n) is 1.59. The quantitative estimate of drug-likeness (QED) is 0.360. The van der Waals surface area contributed by atoms with E-state index >= 15 is 0 Å². The maximum Gasteiger partial charge on any atom is 0.305 e. The minimum atomic E-state index is -1.09. The molecule has 1 aliphatic rings. The van der Waals surface area contributed by atoms with Crippen LogP contribution in [0.3, 0.4) is 0 Å². The molecule has 3 unspecified atom stereocenters. The molecule has 0 aromatic carbocycles. The first-order valence-corrected chi connectivity index (χ1v) is 3.66. The number of carbonyl (C=O) groups excluding carboxylic acids is 1. The molecule has 0 aromatic heterocycles. The molecule has 0 aromatic rings. The van der Waals surface area contributed by atoms with Gasteiger partial charge in [0, 0.05) is 6.92 Å². The number of aliphatic hydroxyl groups is 1. The molecule has 64 valence electrons. The highest BCUT2D eigenvalue weighted by atomic mass is 16.7. The second kappa shape index (κ2) is 3.19. The third kappa shape index (κ3) is 2.17. The summed E-state index contributed by atoms with van der Waals surface area (Å²) >= 11 is 0. The van der Waals surface area contributed by atoms with Crippen molar-refractivity contribution in [2.45, 2.75) is 38.8 Å². The molecule has 0 saturated carbocycles. The Morgan fingerprint density at radius 1 is 1.82 bits per heavy atom. The standard InChI is InChI=1S/C7H12O4/c1-3-5-6(11-5)7(9)10-4(2)8/h5-7,9H,3H2,1-2H3. The first-order valence-electron chi connectivity index (χ1n) is 3.66. The molecule has 4 nitrogen and oxygen atoms in total. The number of carbonyl (C=O) groups is 1. The van der Waals surface area contributed by atoms with Crippen LogP contribution in [0, 0.1) is 0 Å². The van der Waals surface area contributed by atoms with Gasteiger partial charge in [-0.25, -0.2) is 0 Å². The van der Waals surface area contributed by atoms with Crippen LogP contribution >= 0.6 is 0 Å². The molecule has 0 bridgehead atoms. The molecule has 0 radical (unpaired) electrons. The van der Waals surface area contributed by atoms with Crippen LogP contribution in [0.2, 0.25) is 0 Å². The van der Waals surface area contributed by atoms with Gasteiger partial charge in [0.2, 0.25) is 6.29 Å². The van der Waals surface area contributed by atoms with Gasteiger partial charge in [-0.3, -0.25) is 4.79 Å². The summed E-state index contributed by atoms with van der Waals surface area (Å²) in [5, 5.41) is 9.09. The van der Waals surface area contributed by atoms with Crippen molar-refractivity contribution in [3.8, 4) is 0 Å². The van der Waals surface area contributed by atoms with Gasteiger partial charge in [-0.15, -0.1) is 0 Å². The first-order chi connectivity index (χ1) is 5.15. The summed E-state index contributed by atoms with van der Waals surface area (Å²) in [6, 6.07) is 0. The van der Waals surface area contributed by atoms with Crippen molar-refractivity contribution in [2.24, 2.45) is 0 Å². The van der Waals surface area contributed by atoms with Crippen molar-refractivity contribution in [2.75, 3.05) is 0 Å². The van der Waals surface area contributed by atoms with Crippen molar-refractivity contribution < 1.29 is 19.4 Å². The zero-order valence-electron chi connectivity index (χ0n) is 6.61. The predicted molar refractivity (Wildman–Crippen MR) is 36.7 cm³/mol. The molecule has 1 N–H and O–H groups in total. The maximum atomic E-state index is 10.3. The van der Waals surface area contributed by atoms with E-state index in [2.05, 4.69) is 4.74 Å². The molecular formula is C7H12O4. The fourth-order valence-electron chi connectivity index (χ4n) is 0.973. The fourth-order valence-corrected chi connectivity index (χ4v) is 0.973. The van der Waals surface area contributed by atoms with Gasteiger partial charge in [-0.1, -0.05) is 6.92 Å². The van der Waals surface area contributed by atoms with Crippen molar-refractivity contribution in [3.63, 3.8) is 0 Å². The second-order valence-corrected chi connectivity index (χ2v) is 2.55. The van der Waals surface area contributed by atoms with Gasteiger partial charge >= 0.3 is 5.97 Å². The van der Waals surface area contributed by atoms with Gasteiger partial charge in [0.15, 0.2) is 0 Å². The molecule has 3 atom stereocenters. The summed E-state index contributed by atoms with van der Waals surface area (Å²) in [5.41, 5.74) is 0. The van der Waals surface area contributed by atoms with Crippen molar-refractivity contribution >= 4 is 5.97 Å². The fraction of sp³-hybridized carbons (Fsp3) is 0.857. The Labute approximate surface area is 65.1 Å². The van der Waals surface area contributed by atoms with Crippen molar-refractivity contribution in [1.29, 1.82) is 0 Å². The van der Waals surface area contributed by atoms with E-state index in [0.717, 1.165) is 6.42 Å². The summed E-state index contributed by atoms with van der Waals surface area (Å²) in [7, 11) is 0. The van der Waals surface area contributed by atoms with E-state index in [1.807, 2.05) is 6.92 Å². The molecule has 1 saturated heterocycles. The zero-order valence-corrected chi connectivity index (χ0v) is 6.61. The van der Waals surface area contributed by atoms with Gasteiger partial charge in [0.05, 0.1) is 6.10 Å². The first kappa shape index (κ1) is 8.49. The molecule has 0 spiro atoms. The summed E-state index contributed by atoms with van der Waals surface area (Å²) < 4.78 is 9.50. The Morgan fingerprint density at radius 3 is 2.82 bits per heavy atom.